The Morgan fingerprint density at radius 3 is 2.40 bits per heavy atom. The summed E-state index contributed by atoms with van der Waals surface area (Å²) >= 11 is 0. The fourth-order valence-corrected chi connectivity index (χ4v) is 2.07. The van der Waals surface area contributed by atoms with Gasteiger partial charge in [-0.1, -0.05) is 12.1 Å². The number of nitrogen functional groups attached to an aromatic ring is 1. The second-order valence-electron chi connectivity index (χ2n) is 4.55. The van der Waals surface area contributed by atoms with E-state index >= 15 is 0 Å². The van der Waals surface area contributed by atoms with Crippen LogP contribution in [0.2, 0.25) is 0 Å². The highest BCUT2D eigenvalue weighted by atomic mass is 15.1. The molecule has 4 nitrogen and oxygen atoms in total. The largest absolute Gasteiger partial charge is 0.397 e. The quantitative estimate of drug-likeness (QED) is 0.863. The average Bonchev–Trinajstić information content (AvgIpc) is 2.47. The maximum atomic E-state index is 8.90. The summed E-state index contributed by atoms with van der Waals surface area (Å²) in [6.07, 6.45) is 0. The van der Waals surface area contributed by atoms with Gasteiger partial charge in [0.2, 0.25) is 0 Å². The number of hydrogen-bond acceptors (Lipinski definition) is 4. The van der Waals surface area contributed by atoms with Crippen LogP contribution in [-0.2, 0) is 6.54 Å². The molecule has 0 saturated heterocycles. The summed E-state index contributed by atoms with van der Waals surface area (Å²) < 4.78 is 0. The fraction of sp³-hybridized carbons (Fsp3) is 0.125. The van der Waals surface area contributed by atoms with Gasteiger partial charge in [-0.3, -0.25) is 0 Å². The molecule has 0 aliphatic carbocycles. The molecule has 2 aromatic rings. The van der Waals surface area contributed by atoms with Crippen molar-refractivity contribution in [2.24, 2.45) is 0 Å². The molecule has 0 spiro atoms. The van der Waals surface area contributed by atoms with Gasteiger partial charge in [-0.15, -0.1) is 0 Å². The minimum Gasteiger partial charge on any atom is -0.397 e. The molecule has 0 bridgehead atoms. The van der Waals surface area contributed by atoms with Crippen molar-refractivity contribution in [3.05, 3.63) is 59.2 Å². The zero-order valence-corrected chi connectivity index (χ0v) is 11.2. The highest BCUT2D eigenvalue weighted by Crippen LogP contribution is 2.24. The molecule has 4 heteroatoms. The number of nitriles is 2. The molecular formula is C16H14N4. The van der Waals surface area contributed by atoms with Gasteiger partial charge in [-0.25, -0.2) is 0 Å². The Balaban J connectivity index is 2.22. The van der Waals surface area contributed by atoms with Crippen molar-refractivity contribution in [1.29, 1.82) is 10.5 Å². The Hall–Kier alpha value is -2.98. The molecule has 2 aromatic carbocycles. The Labute approximate surface area is 118 Å². The number of anilines is 2. The Morgan fingerprint density at radius 1 is 1.05 bits per heavy atom. The van der Waals surface area contributed by atoms with Gasteiger partial charge in [-0.05, 0) is 35.9 Å². The lowest BCUT2D eigenvalue weighted by Gasteiger charge is -2.21. The van der Waals surface area contributed by atoms with Crippen molar-refractivity contribution in [1.82, 2.24) is 0 Å². The van der Waals surface area contributed by atoms with Gasteiger partial charge in [-0.2, -0.15) is 10.5 Å². The van der Waals surface area contributed by atoms with Crippen LogP contribution in [0, 0.1) is 22.7 Å². The summed E-state index contributed by atoms with van der Waals surface area (Å²) in [5.41, 5.74) is 9.63. The molecule has 0 fully saturated rings. The Kier molecular flexibility index (Phi) is 3.88. The van der Waals surface area contributed by atoms with Crippen molar-refractivity contribution in [2.45, 2.75) is 6.54 Å². The number of rotatable bonds is 3. The number of nitrogens with two attached hydrogens (primary N) is 1. The van der Waals surface area contributed by atoms with E-state index in [0.29, 0.717) is 23.4 Å². The van der Waals surface area contributed by atoms with E-state index in [1.54, 1.807) is 18.2 Å². The van der Waals surface area contributed by atoms with E-state index < -0.39 is 0 Å². The SMILES string of the molecule is CN(Cc1cccc(C#N)c1)c1ccc(C#N)cc1N. The predicted molar refractivity (Wildman–Crippen MR) is 78.8 cm³/mol. The second-order valence-corrected chi connectivity index (χ2v) is 4.55. The van der Waals surface area contributed by atoms with E-state index in [1.165, 1.54) is 0 Å². The lowest BCUT2D eigenvalue weighted by molar-refractivity contribution is 0.924. The average molecular weight is 262 g/mol. The van der Waals surface area contributed by atoms with Crippen LogP contribution in [0.15, 0.2) is 42.5 Å². The van der Waals surface area contributed by atoms with Crippen LogP contribution in [0.1, 0.15) is 16.7 Å². The van der Waals surface area contributed by atoms with Crippen LogP contribution in [0.25, 0.3) is 0 Å². The maximum absolute atomic E-state index is 8.90. The fourth-order valence-electron chi connectivity index (χ4n) is 2.07. The van der Waals surface area contributed by atoms with Crippen LogP contribution < -0.4 is 10.6 Å². The zero-order valence-electron chi connectivity index (χ0n) is 11.2. The first-order valence-corrected chi connectivity index (χ1v) is 6.14. The van der Waals surface area contributed by atoms with E-state index in [1.807, 2.05) is 36.2 Å². The van der Waals surface area contributed by atoms with Crippen LogP contribution in [-0.4, -0.2) is 7.05 Å². The van der Waals surface area contributed by atoms with Gasteiger partial charge in [0.05, 0.1) is 34.6 Å². The molecule has 20 heavy (non-hydrogen) atoms. The molecule has 0 aliphatic heterocycles. The van der Waals surface area contributed by atoms with Crippen molar-refractivity contribution in [3.8, 4) is 12.1 Å². The van der Waals surface area contributed by atoms with Gasteiger partial charge in [0, 0.05) is 13.6 Å². The molecule has 0 aliphatic rings. The highest BCUT2D eigenvalue weighted by Gasteiger charge is 2.07. The number of nitrogens with zero attached hydrogens (tertiary/aromatic N) is 3. The smallest absolute Gasteiger partial charge is 0.0992 e. The number of hydrogen-bond donors (Lipinski definition) is 1. The van der Waals surface area contributed by atoms with Crippen LogP contribution in [0.5, 0.6) is 0 Å². The Bertz CT molecular complexity index is 707. The van der Waals surface area contributed by atoms with Crippen LogP contribution >= 0.6 is 0 Å². The van der Waals surface area contributed by atoms with Crippen LogP contribution in [0.3, 0.4) is 0 Å². The molecule has 0 saturated carbocycles. The lowest BCUT2D eigenvalue weighted by atomic mass is 10.1. The molecule has 0 atom stereocenters. The monoisotopic (exact) mass is 262 g/mol. The first-order chi connectivity index (χ1) is 9.63. The summed E-state index contributed by atoms with van der Waals surface area (Å²) in [5.74, 6) is 0. The highest BCUT2D eigenvalue weighted by molar-refractivity contribution is 5.69. The molecule has 2 rings (SSSR count). The van der Waals surface area contributed by atoms with Crippen molar-refractivity contribution < 1.29 is 0 Å². The lowest BCUT2D eigenvalue weighted by Crippen LogP contribution is -2.17. The van der Waals surface area contributed by atoms with E-state index in [-0.39, 0.29) is 0 Å². The van der Waals surface area contributed by atoms with Crippen molar-refractivity contribution >= 4 is 11.4 Å². The molecule has 98 valence electrons. The number of benzene rings is 2. The van der Waals surface area contributed by atoms with E-state index in [9.17, 15) is 0 Å². The minimum atomic E-state index is 0.547. The molecule has 0 amide bonds. The summed E-state index contributed by atoms with van der Waals surface area (Å²) in [7, 11) is 1.93. The summed E-state index contributed by atoms with van der Waals surface area (Å²) in [4.78, 5) is 1.99. The van der Waals surface area contributed by atoms with E-state index in [2.05, 4.69) is 12.1 Å². The molecule has 0 unspecified atom stereocenters. The van der Waals surface area contributed by atoms with Gasteiger partial charge in [0.1, 0.15) is 0 Å². The molecule has 0 radical (unpaired) electrons. The first kappa shape index (κ1) is 13.5. The van der Waals surface area contributed by atoms with Gasteiger partial charge in [0.25, 0.3) is 0 Å². The van der Waals surface area contributed by atoms with Crippen molar-refractivity contribution in [3.63, 3.8) is 0 Å². The summed E-state index contributed by atoms with van der Waals surface area (Å²) in [5, 5.41) is 17.7. The van der Waals surface area contributed by atoms with Gasteiger partial charge >= 0.3 is 0 Å². The van der Waals surface area contributed by atoms with E-state index in [4.69, 9.17) is 16.3 Å². The third kappa shape index (κ3) is 2.88. The summed E-state index contributed by atoms with van der Waals surface area (Å²) in [6, 6.07) is 16.9. The maximum Gasteiger partial charge on any atom is 0.0992 e. The summed E-state index contributed by atoms with van der Waals surface area (Å²) in [6.45, 7) is 0.644. The van der Waals surface area contributed by atoms with Crippen LogP contribution in [0.4, 0.5) is 11.4 Å². The zero-order chi connectivity index (χ0) is 14.5. The second kappa shape index (κ2) is 5.77. The standard InChI is InChI=1S/C16H14N4/c1-20(11-14-4-2-3-12(7-14)9-17)16-6-5-13(10-18)8-15(16)19/h2-8H,11,19H2,1H3. The third-order valence-corrected chi connectivity index (χ3v) is 3.04. The van der Waals surface area contributed by atoms with Gasteiger partial charge in [0.15, 0.2) is 0 Å². The molecule has 0 heterocycles. The minimum absolute atomic E-state index is 0.547. The molecular weight excluding hydrogens is 248 g/mol. The molecule has 2 N–H and O–H groups in total. The van der Waals surface area contributed by atoms with Gasteiger partial charge < -0.3 is 10.6 Å². The topological polar surface area (TPSA) is 76.8 Å². The first-order valence-electron chi connectivity index (χ1n) is 6.14. The predicted octanol–water partition coefficient (Wildman–Crippen LogP) is 2.65. The normalized spacial score (nSPS) is 9.55. The van der Waals surface area contributed by atoms with E-state index in [0.717, 1.165) is 11.3 Å². The molecule has 0 aromatic heterocycles. The Morgan fingerprint density at radius 2 is 1.75 bits per heavy atom. The van der Waals surface area contributed by atoms with Crippen molar-refractivity contribution in [2.75, 3.05) is 17.7 Å². The third-order valence-electron chi connectivity index (χ3n) is 3.04.